The molecular formula is C23H28N6O. The number of carbonyl (C=O) groups is 1. The fraction of sp³-hybridized carbons (Fsp3) is 0.261. The second-order valence-electron chi connectivity index (χ2n) is 7.23. The topological polar surface area (TPSA) is 74.5 Å². The first kappa shape index (κ1) is 21.1. The molecular weight excluding hydrogens is 376 g/mol. The number of imidazole rings is 1. The molecule has 0 radical (unpaired) electrons. The van der Waals surface area contributed by atoms with Gasteiger partial charge in [-0.1, -0.05) is 36.4 Å². The van der Waals surface area contributed by atoms with E-state index in [9.17, 15) is 4.79 Å². The lowest BCUT2D eigenvalue weighted by molar-refractivity contribution is 0.0827. The summed E-state index contributed by atoms with van der Waals surface area (Å²) < 4.78 is 2.04. The van der Waals surface area contributed by atoms with Crippen LogP contribution in [-0.2, 0) is 19.6 Å². The van der Waals surface area contributed by atoms with Gasteiger partial charge >= 0.3 is 0 Å². The third kappa shape index (κ3) is 5.94. The molecule has 0 aliphatic rings. The number of guanidine groups is 1. The van der Waals surface area contributed by atoms with Crippen LogP contribution in [0.25, 0.3) is 0 Å². The summed E-state index contributed by atoms with van der Waals surface area (Å²) in [5.74, 6) is 0.731. The Bertz CT molecular complexity index is 960. The number of hydrogen-bond acceptors (Lipinski definition) is 3. The maximum absolute atomic E-state index is 12.0. The van der Waals surface area contributed by atoms with Crippen molar-refractivity contribution in [3.63, 3.8) is 0 Å². The summed E-state index contributed by atoms with van der Waals surface area (Å²) in [6, 6.07) is 16.1. The molecule has 2 aromatic carbocycles. The van der Waals surface area contributed by atoms with E-state index >= 15 is 0 Å². The van der Waals surface area contributed by atoms with Crippen molar-refractivity contribution < 1.29 is 4.79 Å². The van der Waals surface area contributed by atoms with Crippen molar-refractivity contribution in [1.29, 1.82) is 0 Å². The van der Waals surface area contributed by atoms with E-state index < -0.39 is 0 Å². The molecule has 0 unspecified atom stereocenters. The number of nitrogens with zero attached hydrogens (tertiary/aromatic N) is 4. The summed E-state index contributed by atoms with van der Waals surface area (Å²) in [5.41, 5.74) is 4.18. The Morgan fingerprint density at radius 2 is 1.53 bits per heavy atom. The van der Waals surface area contributed by atoms with Crippen LogP contribution < -0.4 is 10.6 Å². The minimum absolute atomic E-state index is 0.00281. The molecule has 0 fully saturated rings. The number of carbonyl (C=O) groups excluding carboxylic acids is 1. The predicted octanol–water partition coefficient (Wildman–Crippen LogP) is 2.50. The van der Waals surface area contributed by atoms with E-state index in [1.54, 1.807) is 32.2 Å². The number of hydrogen-bond donors (Lipinski definition) is 2. The van der Waals surface area contributed by atoms with Crippen LogP contribution in [0, 0.1) is 0 Å². The molecule has 3 aromatic rings. The zero-order valence-corrected chi connectivity index (χ0v) is 17.7. The molecule has 0 aliphatic heterocycles. The molecule has 0 saturated carbocycles. The van der Waals surface area contributed by atoms with E-state index in [1.807, 2.05) is 41.4 Å². The molecule has 3 rings (SSSR count). The number of aromatic nitrogens is 2. The monoisotopic (exact) mass is 404 g/mol. The Kier molecular flexibility index (Phi) is 7.21. The van der Waals surface area contributed by atoms with Gasteiger partial charge in [-0.25, -0.2) is 4.98 Å². The highest BCUT2D eigenvalue weighted by molar-refractivity contribution is 5.93. The van der Waals surface area contributed by atoms with Crippen molar-refractivity contribution in [3.8, 4) is 0 Å². The van der Waals surface area contributed by atoms with Gasteiger partial charge in [0.15, 0.2) is 5.96 Å². The van der Waals surface area contributed by atoms with Crippen molar-refractivity contribution in [2.24, 2.45) is 4.99 Å². The summed E-state index contributed by atoms with van der Waals surface area (Å²) >= 11 is 0. The largest absolute Gasteiger partial charge is 0.352 e. The van der Waals surface area contributed by atoms with Gasteiger partial charge in [0.05, 0.1) is 6.33 Å². The molecule has 0 spiro atoms. The summed E-state index contributed by atoms with van der Waals surface area (Å²) in [6.45, 7) is 2.12. The third-order valence-electron chi connectivity index (χ3n) is 4.70. The van der Waals surface area contributed by atoms with Gasteiger partial charge in [0.1, 0.15) is 0 Å². The Morgan fingerprint density at radius 1 is 0.967 bits per heavy atom. The fourth-order valence-electron chi connectivity index (χ4n) is 2.97. The van der Waals surface area contributed by atoms with E-state index in [0.29, 0.717) is 18.7 Å². The minimum Gasteiger partial charge on any atom is -0.352 e. The molecule has 1 heterocycles. The molecule has 0 bridgehead atoms. The van der Waals surface area contributed by atoms with Crippen LogP contribution >= 0.6 is 0 Å². The van der Waals surface area contributed by atoms with Gasteiger partial charge in [0, 0.05) is 58.7 Å². The van der Waals surface area contributed by atoms with Crippen LogP contribution in [0.4, 0.5) is 0 Å². The second-order valence-corrected chi connectivity index (χ2v) is 7.23. The van der Waals surface area contributed by atoms with E-state index in [1.165, 1.54) is 11.1 Å². The van der Waals surface area contributed by atoms with Crippen LogP contribution in [0.3, 0.4) is 0 Å². The van der Waals surface area contributed by atoms with E-state index in [0.717, 1.165) is 18.1 Å². The first-order valence-electron chi connectivity index (χ1n) is 9.84. The third-order valence-corrected chi connectivity index (χ3v) is 4.70. The highest BCUT2D eigenvalue weighted by atomic mass is 16.2. The number of benzene rings is 2. The average molecular weight is 405 g/mol. The summed E-state index contributed by atoms with van der Waals surface area (Å²) in [6.07, 6.45) is 5.56. The Hall–Kier alpha value is -3.61. The lowest BCUT2D eigenvalue weighted by atomic mass is 10.1. The van der Waals surface area contributed by atoms with Crippen LogP contribution in [0.5, 0.6) is 0 Å². The first-order valence-corrected chi connectivity index (χ1v) is 9.84. The van der Waals surface area contributed by atoms with Crippen molar-refractivity contribution in [2.75, 3.05) is 21.1 Å². The molecule has 30 heavy (non-hydrogen) atoms. The standard InChI is InChI=1S/C23H28N6O/c1-24-23(27-15-19-8-10-21(11-9-19)22(30)28(2)3)26-14-18-4-6-20(7-5-18)16-29-13-12-25-17-29/h4-13,17H,14-16H2,1-3H3,(H2,24,26,27). The molecule has 156 valence electrons. The minimum atomic E-state index is 0.00281. The summed E-state index contributed by atoms with van der Waals surface area (Å²) in [7, 11) is 5.25. The van der Waals surface area contributed by atoms with Crippen molar-refractivity contribution in [3.05, 3.63) is 89.5 Å². The van der Waals surface area contributed by atoms with Gasteiger partial charge in [-0.15, -0.1) is 0 Å². The molecule has 1 amide bonds. The molecule has 1 aromatic heterocycles. The molecule has 0 atom stereocenters. The number of aliphatic imine (C=N–C) groups is 1. The predicted molar refractivity (Wildman–Crippen MR) is 119 cm³/mol. The quantitative estimate of drug-likeness (QED) is 0.469. The molecule has 0 saturated heterocycles. The van der Waals surface area contributed by atoms with Crippen LogP contribution in [0.2, 0.25) is 0 Å². The van der Waals surface area contributed by atoms with Gasteiger partial charge in [0.25, 0.3) is 5.91 Å². The highest BCUT2D eigenvalue weighted by Crippen LogP contribution is 2.08. The van der Waals surface area contributed by atoms with Crippen LogP contribution in [0.15, 0.2) is 72.2 Å². The smallest absolute Gasteiger partial charge is 0.253 e. The average Bonchev–Trinajstić information content (AvgIpc) is 3.28. The first-order chi connectivity index (χ1) is 14.5. The van der Waals surface area contributed by atoms with Crippen molar-refractivity contribution in [1.82, 2.24) is 25.1 Å². The van der Waals surface area contributed by atoms with Crippen LogP contribution in [0.1, 0.15) is 27.0 Å². The van der Waals surface area contributed by atoms with Crippen molar-refractivity contribution in [2.45, 2.75) is 19.6 Å². The number of nitrogens with one attached hydrogen (secondary N) is 2. The lowest BCUT2D eigenvalue weighted by Crippen LogP contribution is -2.36. The Morgan fingerprint density at radius 3 is 2.03 bits per heavy atom. The second kappa shape index (κ2) is 10.2. The zero-order valence-electron chi connectivity index (χ0n) is 17.7. The zero-order chi connectivity index (χ0) is 21.3. The van der Waals surface area contributed by atoms with E-state index in [-0.39, 0.29) is 5.91 Å². The van der Waals surface area contributed by atoms with E-state index in [4.69, 9.17) is 0 Å². The van der Waals surface area contributed by atoms with Crippen molar-refractivity contribution >= 4 is 11.9 Å². The van der Waals surface area contributed by atoms with Crippen LogP contribution in [-0.4, -0.2) is 47.5 Å². The summed E-state index contributed by atoms with van der Waals surface area (Å²) in [4.78, 5) is 21.9. The fourth-order valence-corrected chi connectivity index (χ4v) is 2.97. The SMILES string of the molecule is CN=C(NCc1ccc(Cn2ccnc2)cc1)NCc1ccc(C(=O)N(C)C)cc1. The Balaban J connectivity index is 1.47. The molecule has 0 aliphatic carbocycles. The maximum Gasteiger partial charge on any atom is 0.253 e. The lowest BCUT2D eigenvalue weighted by Gasteiger charge is -2.13. The Labute approximate surface area is 177 Å². The maximum atomic E-state index is 12.0. The normalized spacial score (nSPS) is 11.2. The highest BCUT2D eigenvalue weighted by Gasteiger charge is 2.07. The molecule has 7 nitrogen and oxygen atoms in total. The van der Waals surface area contributed by atoms with Gasteiger partial charge in [-0.2, -0.15) is 0 Å². The number of rotatable bonds is 7. The molecule has 2 N–H and O–H groups in total. The van der Waals surface area contributed by atoms with Gasteiger partial charge in [-0.3, -0.25) is 9.79 Å². The number of amides is 1. The van der Waals surface area contributed by atoms with Gasteiger partial charge < -0.3 is 20.1 Å². The molecule has 7 heteroatoms. The summed E-state index contributed by atoms with van der Waals surface area (Å²) in [5, 5.41) is 6.63. The van der Waals surface area contributed by atoms with Gasteiger partial charge in [-0.05, 0) is 28.8 Å². The van der Waals surface area contributed by atoms with Gasteiger partial charge in [0.2, 0.25) is 0 Å². The van der Waals surface area contributed by atoms with E-state index in [2.05, 4.69) is 44.9 Å².